The van der Waals surface area contributed by atoms with Crippen molar-refractivity contribution in [3.63, 3.8) is 0 Å². The molecule has 1 aromatic heterocycles. The molecule has 0 unspecified atom stereocenters. The number of aliphatic hydroxyl groups is 1. The summed E-state index contributed by atoms with van der Waals surface area (Å²) in [6.45, 7) is 0.0213. The van der Waals surface area contributed by atoms with Crippen LogP contribution in [0.4, 0.5) is 0 Å². The molecule has 0 aromatic carbocycles. The highest BCUT2D eigenvalue weighted by Crippen LogP contribution is 2.08. The fraction of sp³-hybridized carbons (Fsp3) is 0.500. The molecule has 0 saturated heterocycles. The maximum Gasteiger partial charge on any atom is 0.103 e. The second-order valence-electron chi connectivity index (χ2n) is 2.39. The average molecular weight is 167 g/mol. The molecule has 6 heteroatoms. The first-order valence-corrected chi connectivity index (χ1v) is 3.41. The predicted molar refractivity (Wildman–Crippen MR) is 42.2 cm³/mol. The maximum atomic E-state index is 9.32. The van der Waals surface area contributed by atoms with Gasteiger partial charge in [-0.05, 0) is 5.53 Å². The van der Waals surface area contributed by atoms with Gasteiger partial charge in [-0.25, -0.2) is 4.98 Å². The van der Waals surface area contributed by atoms with Gasteiger partial charge in [-0.2, -0.15) is 0 Å². The third-order valence-corrected chi connectivity index (χ3v) is 1.38. The average Bonchev–Trinajstić information content (AvgIpc) is 2.47. The maximum absolute atomic E-state index is 9.32. The van der Waals surface area contributed by atoms with E-state index in [0.29, 0.717) is 5.69 Å². The normalized spacial score (nSPS) is 12.2. The minimum Gasteiger partial charge on any atom is -0.387 e. The van der Waals surface area contributed by atoms with Gasteiger partial charge in [0.15, 0.2) is 0 Å². The van der Waals surface area contributed by atoms with Crippen molar-refractivity contribution in [1.29, 1.82) is 0 Å². The molecule has 0 aliphatic carbocycles. The summed E-state index contributed by atoms with van der Waals surface area (Å²) >= 11 is 0. The van der Waals surface area contributed by atoms with Crippen LogP contribution < -0.4 is 0 Å². The molecule has 0 radical (unpaired) electrons. The van der Waals surface area contributed by atoms with Gasteiger partial charge in [0.2, 0.25) is 0 Å². The SMILES string of the molecule is Cn1cnc([C@H](O)CN=[N+]=[N-])c1. The van der Waals surface area contributed by atoms with Crippen molar-refractivity contribution in [3.8, 4) is 0 Å². The number of hydrogen-bond donors (Lipinski definition) is 1. The van der Waals surface area contributed by atoms with E-state index >= 15 is 0 Å². The smallest absolute Gasteiger partial charge is 0.103 e. The van der Waals surface area contributed by atoms with Crippen molar-refractivity contribution in [2.45, 2.75) is 6.10 Å². The Labute approximate surface area is 69.1 Å². The van der Waals surface area contributed by atoms with Crippen LogP contribution in [0.3, 0.4) is 0 Å². The van der Waals surface area contributed by atoms with Crippen molar-refractivity contribution >= 4 is 0 Å². The lowest BCUT2D eigenvalue weighted by molar-refractivity contribution is 0.182. The van der Waals surface area contributed by atoms with Crippen LogP contribution in [0.25, 0.3) is 10.4 Å². The Bertz CT molecular complexity index is 301. The van der Waals surface area contributed by atoms with Crippen molar-refractivity contribution < 1.29 is 5.11 Å². The molecule has 0 fully saturated rings. The highest BCUT2D eigenvalue weighted by Gasteiger charge is 2.07. The summed E-state index contributed by atoms with van der Waals surface area (Å²) in [5.41, 5.74) is 8.51. The van der Waals surface area contributed by atoms with E-state index in [-0.39, 0.29) is 6.54 Å². The predicted octanol–water partition coefficient (Wildman–Crippen LogP) is 0.764. The Kier molecular flexibility index (Phi) is 2.68. The van der Waals surface area contributed by atoms with Crippen molar-refractivity contribution in [1.82, 2.24) is 9.55 Å². The molecule has 0 amide bonds. The number of imidazole rings is 1. The Hall–Kier alpha value is -1.52. The molecular weight excluding hydrogens is 158 g/mol. The fourth-order valence-corrected chi connectivity index (χ4v) is 0.812. The standard InChI is InChI=1S/C6H9N5O/c1-11-3-5(8-4-11)6(12)2-9-10-7/h3-4,6,12H,2H2,1H3/t6-/m1/s1. The van der Waals surface area contributed by atoms with Crippen LogP contribution in [-0.2, 0) is 7.05 Å². The van der Waals surface area contributed by atoms with Gasteiger partial charge in [-0.15, -0.1) is 0 Å². The van der Waals surface area contributed by atoms with Gasteiger partial charge in [0.05, 0.1) is 18.6 Å². The first kappa shape index (κ1) is 8.58. The molecule has 0 bridgehead atoms. The van der Waals surface area contributed by atoms with Crippen LogP contribution in [-0.4, -0.2) is 21.2 Å². The van der Waals surface area contributed by atoms with Crippen molar-refractivity contribution in [2.75, 3.05) is 6.54 Å². The fourth-order valence-electron chi connectivity index (χ4n) is 0.812. The number of nitrogens with zero attached hydrogens (tertiary/aromatic N) is 5. The Morgan fingerprint density at radius 2 is 2.67 bits per heavy atom. The summed E-state index contributed by atoms with van der Waals surface area (Å²) in [5.74, 6) is 0. The molecule has 1 rings (SSSR count). The molecule has 12 heavy (non-hydrogen) atoms. The van der Waals surface area contributed by atoms with E-state index in [1.807, 2.05) is 0 Å². The quantitative estimate of drug-likeness (QED) is 0.409. The number of aromatic nitrogens is 2. The van der Waals surface area contributed by atoms with Gasteiger partial charge in [-0.3, -0.25) is 0 Å². The summed E-state index contributed by atoms with van der Waals surface area (Å²) in [6.07, 6.45) is 2.45. The summed E-state index contributed by atoms with van der Waals surface area (Å²) in [4.78, 5) is 6.44. The number of hydrogen-bond acceptors (Lipinski definition) is 3. The molecule has 1 aromatic rings. The molecular formula is C6H9N5O. The Balaban J connectivity index is 2.64. The van der Waals surface area contributed by atoms with Crippen LogP contribution in [0.15, 0.2) is 17.6 Å². The van der Waals surface area contributed by atoms with Crippen molar-refractivity contribution in [2.24, 2.45) is 12.2 Å². The zero-order chi connectivity index (χ0) is 8.97. The summed E-state index contributed by atoms with van der Waals surface area (Å²) in [5, 5.41) is 12.6. The molecule has 0 aliphatic rings. The monoisotopic (exact) mass is 167 g/mol. The van der Waals surface area contributed by atoms with Crippen LogP contribution in [0, 0.1) is 0 Å². The van der Waals surface area contributed by atoms with E-state index < -0.39 is 6.10 Å². The molecule has 64 valence electrons. The zero-order valence-electron chi connectivity index (χ0n) is 6.62. The summed E-state index contributed by atoms with van der Waals surface area (Å²) < 4.78 is 1.72. The first-order valence-electron chi connectivity index (χ1n) is 3.41. The Morgan fingerprint density at radius 3 is 3.17 bits per heavy atom. The van der Waals surface area contributed by atoms with E-state index in [4.69, 9.17) is 5.53 Å². The van der Waals surface area contributed by atoms with E-state index in [0.717, 1.165) is 0 Å². The second-order valence-corrected chi connectivity index (χ2v) is 2.39. The molecule has 1 heterocycles. The Morgan fingerprint density at radius 1 is 1.92 bits per heavy atom. The first-order chi connectivity index (χ1) is 5.74. The van der Waals surface area contributed by atoms with Crippen molar-refractivity contribution in [3.05, 3.63) is 28.7 Å². The topological polar surface area (TPSA) is 86.8 Å². The van der Waals surface area contributed by atoms with E-state index in [9.17, 15) is 5.11 Å². The van der Waals surface area contributed by atoms with Gasteiger partial charge >= 0.3 is 0 Å². The highest BCUT2D eigenvalue weighted by atomic mass is 16.3. The molecule has 0 spiro atoms. The minimum atomic E-state index is -0.804. The van der Waals surface area contributed by atoms with Crippen LogP contribution in [0.1, 0.15) is 11.8 Å². The number of azide groups is 1. The van der Waals surface area contributed by atoms with Gasteiger partial charge in [0.25, 0.3) is 0 Å². The van der Waals surface area contributed by atoms with Gasteiger partial charge < -0.3 is 9.67 Å². The summed E-state index contributed by atoms with van der Waals surface area (Å²) in [6, 6.07) is 0. The number of aliphatic hydroxyl groups excluding tert-OH is 1. The zero-order valence-corrected chi connectivity index (χ0v) is 6.62. The van der Waals surface area contributed by atoms with Crippen LogP contribution in [0.2, 0.25) is 0 Å². The second kappa shape index (κ2) is 3.75. The lowest BCUT2D eigenvalue weighted by Crippen LogP contribution is -2.00. The third kappa shape index (κ3) is 1.98. The van der Waals surface area contributed by atoms with Gasteiger partial charge in [-0.1, -0.05) is 5.11 Å². The van der Waals surface area contributed by atoms with Gasteiger partial charge in [0, 0.05) is 18.2 Å². The molecule has 1 atom stereocenters. The van der Waals surface area contributed by atoms with Crippen LogP contribution in [0.5, 0.6) is 0 Å². The molecule has 0 saturated carbocycles. The largest absolute Gasteiger partial charge is 0.387 e. The third-order valence-electron chi connectivity index (χ3n) is 1.38. The summed E-state index contributed by atoms with van der Waals surface area (Å²) in [7, 11) is 1.80. The van der Waals surface area contributed by atoms with E-state index in [1.165, 1.54) is 0 Å². The lowest BCUT2D eigenvalue weighted by Gasteiger charge is -2.00. The molecule has 0 aliphatic heterocycles. The molecule has 6 nitrogen and oxygen atoms in total. The van der Waals surface area contributed by atoms with E-state index in [2.05, 4.69) is 15.0 Å². The van der Waals surface area contributed by atoms with E-state index in [1.54, 1.807) is 24.1 Å². The lowest BCUT2D eigenvalue weighted by atomic mass is 10.3. The number of aryl methyl sites for hydroxylation is 1. The highest BCUT2D eigenvalue weighted by molar-refractivity contribution is 5.00. The molecule has 1 N–H and O–H groups in total. The van der Waals surface area contributed by atoms with Crippen LogP contribution >= 0.6 is 0 Å². The minimum absolute atomic E-state index is 0.0213. The number of rotatable bonds is 3. The van der Waals surface area contributed by atoms with Gasteiger partial charge in [0.1, 0.15) is 6.10 Å².